The maximum Gasteiger partial charge on any atom is 0.304 e. The minimum atomic E-state index is -0.825. The van der Waals surface area contributed by atoms with Gasteiger partial charge in [-0.3, -0.25) is 10.1 Å². The van der Waals surface area contributed by atoms with Gasteiger partial charge in [-0.05, 0) is 35.9 Å². The van der Waals surface area contributed by atoms with Crippen LogP contribution in [-0.4, -0.2) is 10.0 Å². The van der Waals surface area contributed by atoms with Crippen LogP contribution in [0.25, 0.3) is 0 Å². The van der Waals surface area contributed by atoms with Gasteiger partial charge in [0.15, 0.2) is 0 Å². The Morgan fingerprint density at radius 2 is 1.89 bits per heavy atom. The van der Waals surface area contributed by atoms with E-state index in [1.54, 1.807) is 24.3 Å². The van der Waals surface area contributed by atoms with Crippen LogP contribution >= 0.6 is 11.8 Å². The summed E-state index contributed by atoms with van der Waals surface area (Å²) < 4.78 is 13.4. The third kappa shape index (κ3) is 3.45. The van der Waals surface area contributed by atoms with Crippen LogP contribution < -0.4 is 0 Å². The van der Waals surface area contributed by atoms with Gasteiger partial charge in [-0.15, -0.1) is 11.8 Å². The topological polar surface area (TPSA) is 63.4 Å². The molecule has 0 unspecified atom stereocenters. The molecule has 2 aromatic rings. The Hall–Kier alpha value is -2.08. The van der Waals surface area contributed by atoms with Gasteiger partial charge >= 0.3 is 5.69 Å². The first-order chi connectivity index (χ1) is 9.06. The number of phenolic OH excluding ortho intramolecular Hbond substituents is 1. The van der Waals surface area contributed by atoms with Crippen LogP contribution in [0.1, 0.15) is 5.56 Å². The molecular weight excluding hydrogens is 269 g/mol. The van der Waals surface area contributed by atoms with Crippen LogP contribution in [-0.2, 0) is 5.75 Å². The molecule has 2 rings (SSSR count). The van der Waals surface area contributed by atoms with E-state index in [-0.39, 0.29) is 5.75 Å². The highest BCUT2D eigenvalue weighted by Gasteiger charge is 2.13. The molecule has 0 saturated heterocycles. The van der Waals surface area contributed by atoms with Crippen molar-refractivity contribution >= 4 is 17.4 Å². The van der Waals surface area contributed by atoms with Crippen molar-refractivity contribution in [2.24, 2.45) is 0 Å². The Morgan fingerprint density at radius 3 is 2.47 bits per heavy atom. The summed E-state index contributed by atoms with van der Waals surface area (Å²) in [6.45, 7) is 0. The van der Waals surface area contributed by atoms with E-state index < -0.39 is 16.4 Å². The number of halogens is 1. The molecule has 0 atom stereocenters. The Kier molecular flexibility index (Phi) is 4.01. The predicted octanol–water partition coefficient (Wildman–Crippen LogP) is 3.73. The number of nitro benzene ring substituents is 1. The lowest BCUT2D eigenvalue weighted by Crippen LogP contribution is -1.93. The van der Waals surface area contributed by atoms with E-state index in [9.17, 15) is 14.5 Å². The third-order valence-corrected chi connectivity index (χ3v) is 3.53. The summed E-state index contributed by atoms with van der Waals surface area (Å²) in [4.78, 5) is 10.7. The lowest BCUT2D eigenvalue weighted by Gasteiger charge is -2.03. The molecule has 0 aliphatic rings. The van der Waals surface area contributed by atoms with Crippen LogP contribution in [0.3, 0.4) is 0 Å². The van der Waals surface area contributed by atoms with Crippen molar-refractivity contribution in [3.63, 3.8) is 0 Å². The highest BCUT2D eigenvalue weighted by atomic mass is 32.2. The fourth-order valence-corrected chi connectivity index (χ4v) is 2.34. The highest BCUT2D eigenvalue weighted by Crippen LogP contribution is 2.26. The molecule has 0 heterocycles. The van der Waals surface area contributed by atoms with Gasteiger partial charge in [-0.1, -0.05) is 6.07 Å². The number of phenols is 1. The van der Waals surface area contributed by atoms with Gasteiger partial charge in [-0.25, -0.2) is 0 Å². The number of aromatic hydroxyl groups is 1. The van der Waals surface area contributed by atoms with Crippen molar-refractivity contribution in [3.05, 3.63) is 64.0 Å². The molecule has 2 aromatic carbocycles. The molecule has 19 heavy (non-hydrogen) atoms. The quantitative estimate of drug-likeness (QED) is 0.526. The van der Waals surface area contributed by atoms with Crippen molar-refractivity contribution in [1.82, 2.24) is 0 Å². The van der Waals surface area contributed by atoms with E-state index in [0.29, 0.717) is 11.3 Å². The first-order valence-corrected chi connectivity index (χ1v) is 6.39. The fourth-order valence-electron chi connectivity index (χ4n) is 1.50. The van der Waals surface area contributed by atoms with E-state index in [0.717, 1.165) is 4.90 Å². The minimum Gasteiger partial charge on any atom is -0.508 e. The van der Waals surface area contributed by atoms with Crippen molar-refractivity contribution in [1.29, 1.82) is 0 Å². The SMILES string of the molecule is O=[N+]([O-])c1ccc(CSc2ccc(O)cc2)cc1F. The maximum atomic E-state index is 13.4. The van der Waals surface area contributed by atoms with Gasteiger partial charge < -0.3 is 5.11 Å². The average Bonchev–Trinajstić information content (AvgIpc) is 2.37. The summed E-state index contributed by atoms with van der Waals surface area (Å²) in [5, 5.41) is 19.6. The minimum absolute atomic E-state index is 0.186. The molecule has 4 nitrogen and oxygen atoms in total. The number of nitrogens with zero attached hydrogens (tertiary/aromatic N) is 1. The summed E-state index contributed by atoms with van der Waals surface area (Å²) in [6.07, 6.45) is 0. The number of hydrogen-bond donors (Lipinski definition) is 1. The Balaban J connectivity index is 2.06. The van der Waals surface area contributed by atoms with Crippen LogP contribution in [0.2, 0.25) is 0 Å². The summed E-state index contributed by atoms with van der Waals surface area (Å²) in [5.74, 6) is -0.140. The van der Waals surface area contributed by atoms with E-state index in [1.165, 1.54) is 30.0 Å². The molecule has 0 radical (unpaired) electrons. The normalized spacial score (nSPS) is 10.4. The fraction of sp³-hybridized carbons (Fsp3) is 0.0769. The summed E-state index contributed by atoms with van der Waals surface area (Å²) in [5.41, 5.74) is 0.152. The Labute approximate surface area is 113 Å². The summed E-state index contributed by atoms with van der Waals surface area (Å²) in [7, 11) is 0. The standard InChI is InChI=1S/C13H10FNO3S/c14-12-7-9(1-6-13(12)15(17)18)8-19-11-4-2-10(16)3-5-11/h1-7,16H,8H2. The number of hydrogen-bond acceptors (Lipinski definition) is 4. The second-order valence-corrected chi connectivity index (χ2v) is 4.87. The molecule has 0 bridgehead atoms. The summed E-state index contributed by atoms with van der Waals surface area (Å²) in [6, 6.07) is 10.5. The molecule has 0 fully saturated rings. The largest absolute Gasteiger partial charge is 0.508 e. The molecule has 0 aliphatic heterocycles. The van der Waals surface area contributed by atoms with Gasteiger partial charge in [0.2, 0.25) is 5.82 Å². The monoisotopic (exact) mass is 279 g/mol. The van der Waals surface area contributed by atoms with Crippen molar-refractivity contribution < 1.29 is 14.4 Å². The van der Waals surface area contributed by atoms with Crippen LogP contribution in [0.4, 0.5) is 10.1 Å². The molecular formula is C13H10FNO3S. The molecule has 0 aliphatic carbocycles. The molecule has 0 amide bonds. The zero-order valence-electron chi connectivity index (χ0n) is 9.75. The second-order valence-electron chi connectivity index (χ2n) is 3.83. The van der Waals surface area contributed by atoms with E-state index in [2.05, 4.69) is 0 Å². The Morgan fingerprint density at radius 1 is 1.21 bits per heavy atom. The van der Waals surface area contributed by atoms with Gasteiger partial charge in [0, 0.05) is 16.7 Å². The second kappa shape index (κ2) is 5.71. The van der Waals surface area contributed by atoms with Gasteiger partial charge in [0.25, 0.3) is 0 Å². The van der Waals surface area contributed by atoms with E-state index in [4.69, 9.17) is 5.11 Å². The average molecular weight is 279 g/mol. The number of nitro groups is 1. The maximum absolute atomic E-state index is 13.4. The molecule has 0 saturated carbocycles. The van der Waals surface area contributed by atoms with Crippen molar-refractivity contribution in [2.75, 3.05) is 0 Å². The molecule has 0 aromatic heterocycles. The first-order valence-electron chi connectivity index (χ1n) is 5.41. The molecule has 0 spiro atoms. The Bertz CT molecular complexity index is 601. The third-order valence-electron chi connectivity index (χ3n) is 2.45. The van der Waals surface area contributed by atoms with Crippen LogP contribution in [0.5, 0.6) is 5.75 Å². The predicted molar refractivity (Wildman–Crippen MR) is 70.7 cm³/mol. The van der Waals surface area contributed by atoms with Crippen molar-refractivity contribution in [2.45, 2.75) is 10.6 Å². The number of rotatable bonds is 4. The smallest absolute Gasteiger partial charge is 0.304 e. The van der Waals surface area contributed by atoms with E-state index in [1.807, 2.05) is 0 Å². The first kappa shape index (κ1) is 13.4. The lowest BCUT2D eigenvalue weighted by atomic mass is 10.2. The van der Waals surface area contributed by atoms with Crippen LogP contribution in [0, 0.1) is 15.9 Å². The molecule has 98 valence electrons. The van der Waals surface area contributed by atoms with Gasteiger partial charge in [0.05, 0.1) is 4.92 Å². The lowest BCUT2D eigenvalue weighted by molar-refractivity contribution is -0.387. The number of benzene rings is 2. The van der Waals surface area contributed by atoms with Gasteiger partial charge in [0.1, 0.15) is 5.75 Å². The van der Waals surface area contributed by atoms with Gasteiger partial charge in [-0.2, -0.15) is 4.39 Å². The number of thioether (sulfide) groups is 1. The summed E-state index contributed by atoms with van der Waals surface area (Å²) >= 11 is 1.46. The van der Waals surface area contributed by atoms with Crippen LogP contribution in [0.15, 0.2) is 47.4 Å². The zero-order valence-corrected chi connectivity index (χ0v) is 10.6. The van der Waals surface area contributed by atoms with Crippen molar-refractivity contribution in [3.8, 4) is 5.75 Å². The molecule has 6 heteroatoms. The van der Waals surface area contributed by atoms with E-state index >= 15 is 0 Å². The zero-order chi connectivity index (χ0) is 13.8. The highest BCUT2D eigenvalue weighted by molar-refractivity contribution is 7.98. The molecule has 1 N–H and O–H groups in total.